The third-order valence-electron chi connectivity index (χ3n) is 3.34. The van der Waals surface area contributed by atoms with Crippen LogP contribution in [0.25, 0.3) is 0 Å². The summed E-state index contributed by atoms with van der Waals surface area (Å²) >= 11 is 5.66. The lowest BCUT2D eigenvalue weighted by atomic mass is 9.82. The predicted molar refractivity (Wildman–Crippen MR) is 65.7 cm³/mol. The van der Waals surface area contributed by atoms with E-state index >= 15 is 0 Å². The van der Waals surface area contributed by atoms with Gasteiger partial charge in [0.1, 0.15) is 5.82 Å². The quantitative estimate of drug-likeness (QED) is 0.825. The van der Waals surface area contributed by atoms with Crippen LogP contribution >= 0.6 is 11.6 Å². The van der Waals surface area contributed by atoms with Crippen LogP contribution in [0.1, 0.15) is 36.0 Å². The number of halogens is 2. The van der Waals surface area contributed by atoms with E-state index in [1.165, 1.54) is 12.1 Å². The van der Waals surface area contributed by atoms with Crippen LogP contribution in [-0.2, 0) is 0 Å². The van der Waals surface area contributed by atoms with Crippen LogP contribution in [-0.4, -0.2) is 11.8 Å². The Balaban J connectivity index is 2.14. The normalized spacial score (nSPS) is 24.6. The van der Waals surface area contributed by atoms with Crippen molar-refractivity contribution in [3.05, 3.63) is 34.6 Å². The lowest BCUT2D eigenvalue weighted by Gasteiger charge is -2.25. The predicted octanol–water partition coefficient (Wildman–Crippen LogP) is 3.18. The standard InChI is InChI=1S/C13H15ClFNO/c14-9-3-6-11(12(15)7-9)13(17)8-1-4-10(16)5-2-8/h3,6-8,10H,1-2,4-5,16H2. The molecule has 0 bridgehead atoms. The molecule has 0 heterocycles. The number of ketones is 1. The number of carbonyl (C=O) groups excluding carboxylic acids is 1. The highest BCUT2D eigenvalue weighted by atomic mass is 35.5. The first-order valence-corrected chi connectivity index (χ1v) is 6.20. The second kappa shape index (κ2) is 5.15. The smallest absolute Gasteiger partial charge is 0.168 e. The first kappa shape index (κ1) is 12.5. The van der Waals surface area contributed by atoms with E-state index in [2.05, 4.69) is 0 Å². The molecule has 1 saturated carbocycles. The average molecular weight is 256 g/mol. The minimum absolute atomic E-state index is 0.0922. The molecule has 1 aliphatic rings. The molecule has 4 heteroatoms. The number of rotatable bonds is 2. The van der Waals surface area contributed by atoms with Crippen molar-refractivity contribution in [1.82, 2.24) is 0 Å². The Hall–Kier alpha value is -0.930. The van der Waals surface area contributed by atoms with Crippen molar-refractivity contribution in [3.8, 4) is 0 Å². The molecule has 2 nitrogen and oxygen atoms in total. The average Bonchev–Trinajstić information content (AvgIpc) is 2.29. The molecule has 2 rings (SSSR count). The number of hydrogen-bond acceptors (Lipinski definition) is 2. The fraction of sp³-hybridized carbons (Fsp3) is 0.462. The van der Waals surface area contributed by atoms with E-state index in [1.54, 1.807) is 6.07 Å². The molecule has 0 aliphatic heterocycles. The minimum Gasteiger partial charge on any atom is -0.328 e. The molecule has 17 heavy (non-hydrogen) atoms. The van der Waals surface area contributed by atoms with Crippen molar-refractivity contribution >= 4 is 17.4 Å². The van der Waals surface area contributed by atoms with Crippen molar-refractivity contribution < 1.29 is 9.18 Å². The van der Waals surface area contributed by atoms with Gasteiger partial charge in [-0.15, -0.1) is 0 Å². The Labute approximate surface area is 105 Å². The van der Waals surface area contributed by atoms with Gasteiger partial charge < -0.3 is 5.73 Å². The monoisotopic (exact) mass is 255 g/mol. The van der Waals surface area contributed by atoms with Gasteiger partial charge in [-0.25, -0.2) is 4.39 Å². The maximum Gasteiger partial charge on any atom is 0.168 e. The molecular weight excluding hydrogens is 241 g/mol. The van der Waals surface area contributed by atoms with E-state index in [0.29, 0.717) is 5.02 Å². The Morgan fingerprint density at radius 3 is 2.53 bits per heavy atom. The first-order valence-electron chi connectivity index (χ1n) is 5.83. The zero-order valence-corrected chi connectivity index (χ0v) is 10.2. The highest BCUT2D eigenvalue weighted by Gasteiger charge is 2.26. The van der Waals surface area contributed by atoms with E-state index in [1.807, 2.05) is 0 Å². The Morgan fingerprint density at radius 1 is 1.29 bits per heavy atom. The highest BCUT2D eigenvalue weighted by Crippen LogP contribution is 2.28. The van der Waals surface area contributed by atoms with E-state index in [4.69, 9.17) is 17.3 Å². The summed E-state index contributed by atoms with van der Waals surface area (Å²) in [4.78, 5) is 12.1. The van der Waals surface area contributed by atoms with Crippen LogP contribution in [0.4, 0.5) is 4.39 Å². The maximum absolute atomic E-state index is 13.6. The van der Waals surface area contributed by atoms with Crippen LogP contribution in [0.3, 0.4) is 0 Å². The summed E-state index contributed by atoms with van der Waals surface area (Å²) < 4.78 is 13.6. The van der Waals surface area contributed by atoms with Crippen LogP contribution in [0.15, 0.2) is 18.2 Å². The number of Topliss-reactive ketones (excluding diaryl/α,β-unsaturated/α-hetero) is 1. The lowest BCUT2D eigenvalue weighted by Crippen LogP contribution is -2.30. The summed E-state index contributed by atoms with van der Waals surface area (Å²) in [6.45, 7) is 0. The summed E-state index contributed by atoms with van der Waals surface area (Å²) in [7, 11) is 0. The summed E-state index contributed by atoms with van der Waals surface area (Å²) in [6, 6.07) is 4.39. The molecule has 2 N–H and O–H groups in total. The number of hydrogen-bond donors (Lipinski definition) is 1. The molecule has 0 saturated heterocycles. The zero-order chi connectivity index (χ0) is 12.4. The molecule has 0 aromatic heterocycles. The third kappa shape index (κ3) is 2.85. The van der Waals surface area contributed by atoms with E-state index in [0.717, 1.165) is 25.7 Å². The Morgan fingerprint density at radius 2 is 1.94 bits per heavy atom. The van der Waals surface area contributed by atoms with Gasteiger partial charge in [0.05, 0.1) is 5.56 Å². The molecule has 0 amide bonds. The summed E-state index contributed by atoms with van der Waals surface area (Å²) in [6.07, 6.45) is 3.18. The fourth-order valence-electron chi connectivity index (χ4n) is 2.29. The Kier molecular flexibility index (Phi) is 3.79. The second-order valence-electron chi connectivity index (χ2n) is 4.60. The first-order chi connectivity index (χ1) is 8.08. The van der Waals surface area contributed by atoms with Gasteiger partial charge in [0, 0.05) is 17.0 Å². The fourth-order valence-corrected chi connectivity index (χ4v) is 2.45. The van der Waals surface area contributed by atoms with Crippen molar-refractivity contribution in [2.45, 2.75) is 31.7 Å². The minimum atomic E-state index is -0.530. The maximum atomic E-state index is 13.6. The molecular formula is C13H15ClFNO. The van der Waals surface area contributed by atoms with Crippen molar-refractivity contribution in [1.29, 1.82) is 0 Å². The van der Waals surface area contributed by atoms with E-state index < -0.39 is 5.82 Å². The molecule has 0 unspecified atom stereocenters. The van der Waals surface area contributed by atoms with E-state index in [9.17, 15) is 9.18 Å². The third-order valence-corrected chi connectivity index (χ3v) is 3.57. The highest BCUT2D eigenvalue weighted by molar-refractivity contribution is 6.30. The molecule has 1 aromatic rings. The molecule has 0 atom stereocenters. The molecule has 92 valence electrons. The van der Waals surface area contributed by atoms with Gasteiger partial charge >= 0.3 is 0 Å². The van der Waals surface area contributed by atoms with Crippen LogP contribution in [0, 0.1) is 11.7 Å². The van der Waals surface area contributed by atoms with Crippen LogP contribution < -0.4 is 5.73 Å². The van der Waals surface area contributed by atoms with Gasteiger partial charge in [0.2, 0.25) is 0 Å². The van der Waals surface area contributed by atoms with Gasteiger partial charge in [-0.2, -0.15) is 0 Å². The van der Waals surface area contributed by atoms with Crippen molar-refractivity contribution in [2.75, 3.05) is 0 Å². The van der Waals surface area contributed by atoms with Gasteiger partial charge in [-0.1, -0.05) is 11.6 Å². The topological polar surface area (TPSA) is 43.1 Å². The zero-order valence-electron chi connectivity index (χ0n) is 9.46. The summed E-state index contributed by atoms with van der Waals surface area (Å²) in [5.41, 5.74) is 5.93. The summed E-state index contributed by atoms with van der Waals surface area (Å²) in [5.74, 6) is -0.742. The van der Waals surface area contributed by atoms with Gasteiger partial charge in [0.25, 0.3) is 0 Å². The van der Waals surface area contributed by atoms with E-state index in [-0.39, 0.29) is 23.3 Å². The SMILES string of the molecule is NC1CCC(C(=O)c2ccc(Cl)cc2F)CC1. The molecule has 1 aromatic carbocycles. The largest absolute Gasteiger partial charge is 0.328 e. The number of nitrogens with two attached hydrogens (primary N) is 1. The number of benzene rings is 1. The molecule has 1 fully saturated rings. The van der Waals surface area contributed by atoms with Crippen molar-refractivity contribution in [2.24, 2.45) is 11.7 Å². The molecule has 0 radical (unpaired) electrons. The van der Waals surface area contributed by atoms with Gasteiger partial charge in [0.15, 0.2) is 5.78 Å². The van der Waals surface area contributed by atoms with Gasteiger partial charge in [-0.05, 0) is 43.9 Å². The van der Waals surface area contributed by atoms with Gasteiger partial charge in [-0.3, -0.25) is 4.79 Å². The summed E-state index contributed by atoms with van der Waals surface area (Å²) in [5, 5.41) is 0.310. The number of carbonyl (C=O) groups is 1. The van der Waals surface area contributed by atoms with Crippen molar-refractivity contribution in [3.63, 3.8) is 0 Å². The lowest BCUT2D eigenvalue weighted by molar-refractivity contribution is 0.0880. The van der Waals surface area contributed by atoms with Crippen LogP contribution in [0.5, 0.6) is 0 Å². The molecule has 0 spiro atoms. The second-order valence-corrected chi connectivity index (χ2v) is 5.04. The van der Waals surface area contributed by atoms with Crippen LogP contribution in [0.2, 0.25) is 5.02 Å². The molecule has 1 aliphatic carbocycles. The Bertz CT molecular complexity index is 427.